The fraction of sp³-hybridized carbons (Fsp3) is 0. The Labute approximate surface area is 340 Å². The zero-order valence-corrected chi connectivity index (χ0v) is 31.8. The second-order valence-corrected chi connectivity index (χ2v) is 15.6. The van der Waals surface area contributed by atoms with Crippen LogP contribution in [0.2, 0.25) is 0 Å². The molecule has 0 N–H and O–H groups in total. The second kappa shape index (κ2) is 12.4. The van der Waals surface area contributed by atoms with Crippen molar-refractivity contribution in [3.05, 3.63) is 200 Å². The number of fused-ring (bicyclic) bond motifs is 10. The molecule has 0 spiro atoms. The quantitative estimate of drug-likeness (QED) is 0.168. The minimum absolute atomic E-state index is 0.304. The van der Waals surface area contributed by atoms with Gasteiger partial charge in [0.15, 0.2) is 0 Å². The molecule has 0 bridgehead atoms. The zero-order valence-electron chi connectivity index (χ0n) is 31.8. The molecule has 0 aliphatic carbocycles. The maximum Gasteiger partial charge on any atom is 0.434 e. The first-order valence-corrected chi connectivity index (χ1v) is 20.2. The largest absolute Gasteiger partial charge is 0.551 e. The molecule has 9 aromatic carbocycles. The third kappa shape index (κ3) is 4.79. The molecule has 0 amide bonds. The third-order valence-electron chi connectivity index (χ3n) is 12.4. The Kier molecular flexibility index (Phi) is 6.78. The summed E-state index contributed by atoms with van der Waals surface area (Å²) in [5.41, 5.74) is 15.9. The van der Waals surface area contributed by atoms with Crippen molar-refractivity contribution in [1.29, 1.82) is 0 Å². The fourth-order valence-corrected chi connectivity index (χ4v) is 9.72. The van der Waals surface area contributed by atoms with E-state index in [9.17, 15) is 0 Å². The van der Waals surface area contributed by atoms with E-state index in [0.29, 0.717) is 0 Å². The van der Waals surface area contributed by atoms with Gasteiger partial charge < -0.3 is 18.5 Å². The van der Waals surface area contributed by atoms with E-state index >= 15 is 0 Å². The number of benzene rings is 9. The highest BCUT2D eigenvalue weighted by Crippen LogP contribution is 2.42. The average molecular weight is 753 g/mol. The van der Waals surface area contributed by atoms with Crippen LogP contribution in [0.1, 0.15) is 0 Å². The molecule has 13 rings (SSSR count). The minimum atomic E-state index is -0.304. The highest BCUT2D eigenvalue weighted by atomic mass is 16.5. The van der Waals surface area contributed by atoms with E-state index in [1.54, 1.807) is 0 Å². The first kappa shape index (κ1) is 32.3. The van der Waals surface area contributed by atoms with Gasteiger partial charge in [0.1, 0.15) is 17.2 Å². The van der Waals surface area contributed by atoms with Crippen molar-refractivity contribution < 1.29 is 9.39 Å². The summed E-state index contributed by atoms with van der Waals surface area (Å²) in [5, 5.41) is 5.04. The van der Waals surface area contributed by atoms with Crippen LogP contribution in [0.3, 0.4) is 0 Å². The number of rotatable bonds is 4. The summed E-state index contributed by atoms with van der Waals surface area (Å²) in [4.78, 5) is 0. The summed E-state index contributed by atoms with van der Waals surface area (Å²) < 4.78 is 18.4. The van der Waals surface area contributed by atoms with Crippen LogP contribution in [0.25, 0.3) is 88.4 Å². The Morgan fingerprint density at radius 3 is 1.37 bits per heavy atom. The maximum absolute atomic E-state index is 6.89. The molecular formula is C54H33BN2O2. The summed E-state index contributed by atoms with van der Waals surface area (Å²) in [5.74, 6) is 2.53. The van der Waals surface area contributed by atoms with Gasteiger partial charge in [0, 0.05) is 49.4 Å². The Balaban J connectivity index is 0.879. The van der Waals surface area contributed by atoms with Crippen molar-refractivity contribution in [2.24, 2.45) is 0 Å². The van der Waals surface area contributed by atoms with E-state index < -0.39 is 0 Å². The molecule has 2 aromatic heterocycles. The number of aromatic nitrogens is 2. The standard InChI is InChI=1S/C54H33BN2O2/c1-6-16-47-40(11-1)41-12-2-7-17-48(41)56(47)38-26-21-34(22-27-38)36-25-30-52-46(32-36)55-54-45(44-15-5-10-20-51(44)59-55)31-37(33-53(54)58-52)35-23-28-39(29-24-35)57-49-18-8-3-13-42(49)43-14-4-9-19-50(43)57/h1-33H. The normalized spacial score (nSPS) is 12.6. The van der Waals surface area contributed by atoms with Crippen LogP contribution in [-0.2, 0) is 0 Å². The molecule has 0 radical (unpaired) electrons. The van der Waals surface area contributed by atoms with E-state index in [2.05, 4.69) is 209 Å². The number of ether oxygens (including phenoxy) is 1. The fourth-order valence-electron chi connectivity index (χ4n) is 9.72. The molecule has 4 nitrogen and oxygen atoms in total. The lowest BCUT2D eigenvalue weighted by molar-refractivity contribution is 0.479. The van der Waals surface area contributed by atoms with Gasteiger partial charge >= 0.3 is 6.92 Å². The monoisotopic (exact) mass is 752 g/mol. The maximum atomic E-state index is 6.89. The smallest absolute Gasteiger partial charge is 0.434 e. The van der Waals surface area contributed by atoms with Gasteiger partial charge in [-0.15, -0.1) is 0 Å². The molecule has 5 heteroatoms. The van der Waals surface area contributed by atoms with Crippen LogP contribution >= 0.6 is 0 Å². The number of para-hydroxylation sites is 5. The van der Waals surface area contributed by atoms with Gasteiger partial charge in [0.25, 0.3) is 0 Å². The lowest BCUT2D eigenvalue weighted by Crippen LogP contribution is -2.53. The van der Waals surface area contributed by atoms with E-state index in [1.165, 1.54) is 43.6 Å². The third-order valence-corrected chi connectivity index (χ3v) is 12.4. The van der Waals surface area contributed by atoms with Crippen LogP contribution in [0.5, 0.6) is 17.2 Å². The summed E-state index contributed by atoms with van der Waals surface area (Å²) in [6, 6.07) is 71.7. The predicted octanol–water partition coefficient (Wildman–Crippen LogP) is 12.5. The summed E-state index contributed by atoms with van der Waals surface area (Å²) in [6.45, 7) is -0.304. The molecular weight excluding hydrogens is 719 g/mol. The van der Waals surface area contributed by atoms with Crippen molar-refractivity contribution in [1.82, 2.24) is 9.13 Å². The van der Waals surface area contributed by atoms with Gasteiger partial charge in [0.05, 0.1) is 22.1 Å². The van der Waals surface area contributed by atoms with Crippen molar-refractivity contribution >= 4 is 61.5 Å². The molecule has 0 atom stereocenters. The average Bonchev–Trinajstić information content (AvgIpc) is 3.82. The van der Waals surface area contributed by atoms with Gasteiger partial charge in [-0.25, -0.2) is 0 Å². The number of hydrogen-bond acceptors (Lipinski definition) is 2. The Morgan fingerprint density at radius 2 is 0.814 bits per heavy atom. The first-order chi connectivity index (χ1) is 29.2. The summed E-state index contributed by atoms with van der Waals surface area (Å²) >= 11 is 0. The number of hydrogen-bond donors (Lipinski definition) is 0. The molecule has 0 unspecified atom stereocenters. The zero-order chi connectivity index (χ0) is 38.6. The lowest BCUT2D eigenvalue weighted by Gasteiger charge is -2.33. The van der Waals surface area contributed by atoms with E-state index in [1.807, 2.05) is 0 Å². The van der Waals surface area contributed by atoms with Crippen LogP contribution in [0.15, 0.2) is 200 Å². The molecule has 2 aliphatic rings. The summed E-state index contributed by atoms with van der Waals surface area (Å²) in [7, 11) is 0. The van der Waals surface area contributed by atoms with Crippen molar-refractivity contribution in [3.8, 4) is 62.0 Å². The predicted molar refractivity (Wildman–Crippen MR) is 244 cm³/mol. The van der Waals surface area contributed by atoms with Crippen molar-refractivity contribution in [2.75, 3.05) is 0 Å². The van der Waals surface area contributed by atoms with Crippen molar-refractivity contribution in [3.63, 3.8) is 0 Å². The molecule has 11 aromatic rings. The highest BCUT2D eigenvalue weighted by molar-refractivity contribution is 6.84. The molecule has 2 aliphatic heterocycles. The van der Waals surface area contributed by atoms with Gasteiger partial charge in [-0.2, -0.15) is 0 Å². The topological polar surface area (TPSA) is 28.3 Å². The lowest BCUT2D eigenvalue weighted by atomic mass is 9.50. The van der Waals surface area contributed by atoms with Crippen LogP contribution in [0, 0.1) is 0 Å². The van der Waals surface area contributed by atoms with E-state index in [4.69, 9.17) is 9.39 Å². The van der Waals surface area contributed by atoms with Gasteiger partial charge in [0.2, 0.25) is 0 Å². The Morgan fingerprint density at radius 1 is 0.339 bits per heavy atom. The van der Waals surface area contributed by atoms with Gasteiger partial charge in [-0.05, 0) is 101 Å². The van der Waals surface area contributed by atoms with E-state index in [0.717, 1.165) is 72.9 Å². The molecule has 4 heterocycles. The van der Waals surface area contributed by atoms with Crippen molar-refractivity contribution in [2.45, 2.75) is 0 Å². The van der Waals surface area contributed by atoms with Gasteiger partial charge in [-0.3, -0.25) is 0 Å². The minimum Gasteiger partial charge on any atom is -0.551 e. The SMILES string of the molecule is c1ccc2c(c1)OB1c3cc(-c4ccc(-n5c6ccccc6c6ccccc65)cc4)ccc3Oc3cc(-c4ccc(-n5c6ccccc6c6ccccc65)cc4)cc-2c31. The Hall–Kier alpha value is -7.76. The second-order valence-electron chi connectivity index (χ2n) is 15.6. The molecule has 0 saturated carbocycles. The van der Waals surface area contributed by atoms with Crippen LogP contribution < -0.4 is 20.3 Å². The van der Waals surface area contributed by atoms with Gasteiger partial charge in [-0.1, -0.05) is 127 Å². The number of nitrogens with zero attached hydrogens (tertiary/aromatic N) is 2. The summed E-state index contributed by atoms with van der Waals surface area (Å²) in [6.07, 6.45) is 0. The first-order valence-electron chi connectivity index (χ1n) is 20.2. The molecule has 0 fully saturated rings. The highest BCUT2D eigenvalue weighted by Gasteiger charge is 2.41. The Bertz CT molecular complexity index is 3400. The molecule has 274 valence electrons. The van der Waals surface area contributed by atoms with Crippen LogP contribution in [-0.4, -0.2) is 16.0 Å². The van der Waals surface area contributed by atoms with Crippen LogP contribution in [0.4, 0.5) is 0 Å². The van der Waals surface area contributed by atoms with E-state index in [-0.39, 0.29) is 6.92 Å². The molecule has 0 saturated heterocycles. The molecule has 59 heavy (non-hydrogen) atoms.